The van der Waals surface area contributed by atoms with Gasteiger partial charge in [-0.25, -0.2) is 0 Å². The molecule has 0 aromatic rings. The van der Waals surface area contributed by atoms with Crippen LogP contribution >= 0.6 is 0 Å². The van der Waals surface area contributed by atoms with Crippen LogP contribution in [0.1, 0.15) is 0 Å². The largest absolute Gasteiger partial charge is 0.176 e. The van der Waals surface area contributed by atoms with Gasteiger partial charge in [-0.05, 0) is 0 Å². The minimum atomic E-state index is 0.660. The fraction of sp³-hybridized carbons (Fsp3) is 0. The van der Waals surface area contributed by atoms with Crippen LogP contribution < -0.4 is 0 Å². The van der Waals surface area contributed by atoms with E-state index in [9.17, 15) is 0 Å². The summed E-state index contributed by atoms with van der Waals surface area (Å²) in [7, 11) is 0. The van der Waals surface area contributed by atoms with Gasteiger partial charge in [0.15, 0.2) is 11.6 Å². The van der Waals surface area contributed by atoms with Gasteiger partial charge < -0.3 is 0 Å². The highest BCUT2D eigenvalue weighted by molar-refractivity contribution is 5.39. The molecular weight excluding hydrogens is 98.1 g/mol. The van der Waals surface area contributed by atoms with Gasteiger partial charge in [-0.2, -0.15) is 5.26 Å². The summed E-state index contributed by atoms with van der Waals surface area (Å²) in [6.45, 7) is 0. The summed E-state index contributed by atoms with van der Waals surface area (Å²) in [6, 6.07) is 2.00. The molecule has 1 nitrogen and oxygen atoms in total. The summed E-state index contributed by atoms with van der Waals surface area (Å²) in [5, 5.41) is 8.27. The normalized spacial score (nSPS) is 14.1. The predicted molar refractivity (Wildman–Crippen MR) is 30.6 cm³/mol. The van der Waals surface area contributed by atoms with Gasteiger partial charge in [-0.1, -0.05) is 0 Å². The lowest BCUT2D eigenvalue weighted by atomic mass is 10.2. The molecule has 36 valence electrons. The van der Waals surface area contributed by atoms with Gasteiger partial charge in [-0.15, -0.1) is 0 Å². The third-order valence-corrected chi connectivity index (χ3v) is 0.836. The van der Waals surface area contributed by atoms with Crippen molar-refractivity contribution in [2.75, 3.05) is 0 Å². The van der Waals surface area contributed by atoms with Crippen molar-refractivity contribution < 1.29 is 0 Å². The van der Waals surface area contributed by atoms with E-state index >= 15 is 0 Å². The second kappa shape index (κ2) is 2.07. The smallest absolute Gasteiger partial charge is 0.169 e. The zero-order chi connectivity index (χ0) is 5.82. The molecule has 0 amide bonds. The fourth-order valence-electron chi connectivity index (χ4n) is 0.463. The van der Waals surface area contributed by atoms with Crippen LogP contribution in [0.25, 0.3) is 0 Å². The highest BCUT2D eigenvalue weighted by Crippen LogP contribution is 1.99. The summed E-state index contributed by atoms with van der Waals surface area (Å²) in [5.74, 6) is 0. The molecule has 0 fully saturated rings. The minimum Gasteiger partial charge on any atom is -0.176 e. The van der Waals surface area contributed by atoms with Crippen LogP contribution in [0, 0.1) is 17.4 Å². The molecule has 1 aliphatic carbocycles. The second-order valence-electron chi connectivity index (χ2n) is 1.40. The predicted octanol–water partition coefficient (Wildman–Crippen LogP) is 1.37. The van der Waals surface area contributed by atoms with Crippen molar-refractivity contribution in [2.45, 2.75) is 0 Å². The zero-order valence-electron chi connectivity index (χ0n) is 4.26. The SMILES string of the molecule is N#CC1=CC=C[C+]=C1. The molecule has 0 radical (unpaired) electrons. The van der Waals surface area contributed by atoms with Gasteiger partial charge in [0, 0.05) is 12.2 Å². The summed E-state index contributed by atoms with van der Waals surface area (Å²) in [4.78, 5) is 0. The first-order valence-electron chi connectivity index (χ1n) is 2.29. The Labute approximate surface area is 48.2 Å². The molecule has 1 aliphatic rings. The zero-order valence-corrected chi connectivity index (χ0v) is 4.26. The monoisotopic (exact) mass is 102 g/mol. The molecule has 0 N–H and O–H groups in total. The molecular formula is C7H4N+. The van der Waals surface area contributed by atoms with E-state index in [-0.39, 0.29) is 0 Å². The Morgan fingerprint density at radius 1 is 1.62 bits per heavy atom. The Balaban J connectivity index is 2.88. The highest BCUT2D eigenvalue weighted by atomic mass is 14.2. The summed E-state index contributed by atoms with van der Waals surface area (Å²) < 4.78 is 0. The maximum atomic E-state index is 8.27. The van der Waals surface area contributed by atoms with Crippen LogP contribution in [0.3, 0.4) is 0 Å². The Morgan fingerprint density at radius 3 is 2.88 bits per heavy atom. The summed E-state index contributed by atoms with van der Waals surface area (Å²) in [5.41, 5.74) is 0.660. The number of allylic oxidation sites excluding steroid dienone is 6. The van der Waals surface area contributed by atoms with Crippen molar-refractivity contribution >= 4 is 0 Å². The molecule has 0 aliphatic heterocycles. The van der Waals surface area contributed by atoms with Crippen molar-refractivity contribution in [1.82, 2.24) is 0 Å². The van der Waals surface area contributed by atoms with Crippen molar-refractivity contribution in [1.29, 1.82) is 5.26 Å². The first kappa shape index (κ1) is 4.77. The lowest BCUT2D eigenvalue weighted by Gasteiger charge is -1.74. The molecule has 0 saturated carbocycles. The average Bonchev–Trinajstić information content (AvgIpc) is 1.90. The van der Waals surface area contributed by atoms with Crippen LogP contribution in [0.15, 0.2) is 29.9 Å². The van der Waals surface area contributed by atoms with Gasteiger partial charge >= 0.3 is 0 Å². The fourth-order valence-corrected chi connectivity index (χ4v) is 0.463. The Bertz CT molecular complexity index is 201. The summed E-state index contributed by atoms with van der Waals surface area (Å²) in [6.07, 6.45) is 9.74. The molecule has 0 bridgehead atoms. The molecule has 0 unspecified atom stereocenters. The number of hydrogen-bond donors (Lipinski definition) is 0. The quantitative estimate of drug-likeness (QED) is 0.424. The van der Waals surface area contributed by atoms with Gasteiger partial charge in [0.25, 0.3) is 0 Å². The van der Waals surface area contributed by atoms with E-state index in [0.717, 1.165) is 0 Å². The van der Waals surface area contributed by atoms with E-state index in [1.165, 1.54) is 0 Å². The highest BCUT2D eigenvalue weighted by Gasteiger charge is 1.97. The Kier molecular flexibility index (Phi) is 1.23. The number of rotatable bonds is 0. The molecule has 0 aromatic heterocycles. The third kappa shape index (κ3) is 0.815. The van der Waals surface area contributed by atoms with Crippen LogP contribution in [-0.2, 0) is 0 Å². The van der Waals surface area contributed by atoms with Crippen LogP contribution in [0.5, 0.6) is 0 Å². The van der Waals surface area contributed by atoms with E-state index in [4.69, 9.17) is 5.26 Å². The molecule has 8 heavy (non-hydrogen) atoms. The van der Waals surface area contributed by atoms with Gasteiger partial charge in [0.2, 0.25) is 0 Å². The maximum Gasteiger partial charge on any atom is 0.169 e. The van der Waals surface area contributed by atoms with Gasteiger partial charge in [-0.3, -0.25) is 0 Å². The van der Waals surface area contributed by atoms with Crippen LogP contribution in [0.4, 0.5) is 0 Å². The van der Waals surface area contributed by atoms with Crippen LogP contribution in [-0.4, -0.2) is 0 Å². The maximum absolute atomic E-state index is 8.27. The topological polar surface area (TPSA) is 23.8 Å². The van der Waals surface area contributed by atoms with E-state index in [1.807, 2.05) is 6.07 Å². The standard InChI is InChI=1S/C7H4N/c8-6-7-4-2-1-3-5-7/h1-2,4-5H/q+1. The first-order chi connectivity index (χ1) is 3.93. The molecule has 0 heterocycles. The summed E-state index contributed by atoms with van der Waals surface area (Å²) >= 11 is 0. The minimum absolute atomic E-state index is 0.660. The second-order valence-corrected chi connectivity index (χ2v) is 1.40. The van der Waals surface area contributed by atoms with E-state index in [2.05, 4.69) is 6.08 Å². The number of hydrogen-bond acceptors (Lipinski definition) is 1. The first-order valence-corrected chi connectivity index (χ1v) is 2.29. The van der Waals surface area contributed by atoms with Gasteiger partial charge in [0.1, 0.15) is 12.2 Å². The van der Waals surface area contributed by atoms with E-state index < -0.39 is 0 Å². The lowest BCUT2D eigenvalue weighted by Crippen LogP contribution is -1.72. The van der Waals surface area contributed by atoms with Gasteiger partial charge in [0.05, 0.1) is 6.08 Å². The van der Waals surface area contributed by atoms with Crippen molar-refractivity contribution in [3.05, 3.63) is 36.0 Å². The molecule has 0 saturated heterocycles. The average molecular weight is 102 g/mol. The van der Waals surface area contributed by atoms with Crippen molar-refractivity contribution in [2.24, 2.45) is 0 Å². The van der Waals surface area contributed by atoms with E-state index in [0.29, 0.717) is 5.57 Å². The van der Waals surface area contributed by atoms with E-state index in [1.54, 1.807) is 24.3 Å². The van der Waals surface area contributed by atoms with Crippen LogP contribution in [0.2, 0.25) is 0 Å². The Hall–Kier alpha value is -1.38. The molecule has 0 aromatic carbocycles. The number of nitrogens with zero attached hydrogens (tertiary/aromatic N) is 1. The van der Waals surface area contributed by atoms with Crippen molar-refractivity contribution in [3.8, 4) is 6.07 Å². The molecule has 1 rings (SSSR count). The molecule has 0 spiro atoms. The molecule has 1 heteroatoms. The Morgan fingerprint density at radius 2 is 2.50 bits per heavy atom. The van der Waals surface area contributed by atoms with Crippen molar-refractivity contribution in [3.63, 3.8) is 0 Å². The third-order valence-electron chi connectivity index (χ3n) is 0.836. The number of nitriles is 1. The molecule has 0 atom stereocenters. The lowest BCUT2D eigenvalue weighted by molar-refractivity contribution is 1.49.